The standard InChI is InChI=1S/C15H11F5OS/c16-13(17)8-21-11-6-3-7-12(22)14(11)9-4-1-2-5-10(9)15(18,19)20/h1-7,13,22H,8H2. The van der Waals surface area contributed by atoms with Crippen LogP contribution in [0, 0.1) is 0 Å². The van der Waals surface area contributed by atoms with Crippen LogP contribution in [-0.2, 0) is 6.18 Å². The Kier molecular flexibility index (Phi) is 4.95. The number of hydrogen-bond acceptors (Lipinski definition) is 2. The lowest BCUT2D eigenvalue weighted by atomic mass is 9.98. The summed E-state index contributed by atoms with van der Waals surface area (Å²) in [6.07, 6.45) is -7.30. The molecule has 22 heavy (non-hydrogen) atoms. The van der Waals surface area contributed by atoms with Crippen molar-refractivity contribution in [1.82, 2.24) is 0 Å². The average Bonchev–Trinajstić information content (AvgIpc) is 2.44. The Morgan fingerprint density at radius 1 is 1.00 bits per heavy atom. The third-order valence-corrected chi connectivity index (χ3v) is 3.24. The fourth-order valence-electron chi connectivity index (χ4n) is 2.01. The molecule has 2 aromatic carbocycles. The van der Waals surface area contributed by atoms with Crippen LogP contribution in [0.2, 0.25) is 0 Å². The summed E-state index contributed by atoms with van der Waals surface area (Å²) in [7, 11) is 0. The Hall–Kier alpha value is -1.76. The highest BCUT2D eigenvalue weighted by atomic mass is 32.1. The molecule has 0 aliphatic rings. The molecule has 7 heteroatoms. The average molecular weight is 334 g/mol. The Morgan fingerprint density at radius 2 is 1.68 bits per heavy atom. The van der Waals surface area contributed by atoms with Crippen LogP contribution in [0.1, 0.15) is 5.56 Å². The summed E-state index contributed by atoms with van der Waals surface area (Å²) in [6.45, 7) is -0.904. The summed E-state index contributed by atoms with van der Waals surface area (Å²) in [6, 6.07) is 9.16. The third kappa shape index (κ3) is 3.71. The van der Waals surface area contributed by atoms with Gasteiger partial charge in [0.05, 0.1) is 5.56 Å². The molecule has 2 aromatic rings. The number of rotatable bonds is 4. The zero-order chi connectivity index (χ0) is 16.3. The first-order valence-electron chi connectivity index (χ1n) is 6.20. The van der Waals surface area contributed by atoms with Crippen LogP contribution in [0.15, 0.2) is 47.4 Å². The third-order valence-electron chi connectivity index (χ3n) is 2.87. The number of thiol groups is 1. The van der Waals surface area contributed by atoms with E-state index in [2.05, 4.69) is 12.6 Å². The van der Waals surface area contributed by atoms with Crippen molar-refractivity contribution in [2.75, 3.05) is 6.61 Å². The normalized spacial score (nSPS) is 11.8. The van der Waals surface area contributed by atoms with Gasteiger partial charge in [0.25, 0.3) is 6.43 Å². The minimum Gasteiger partial charge on any atom is -0.487 e. The Bertz CT molecular complexity index is 655. The van der Waals surface area contributed by atoms with Gasteiger partial charge in [-0.3, -0.25) is 0 Å². The van der Waals surface area contributed by atoms with Gasteiger partial charge in [0.1, 0.15) is 12.4 Å². The van der Waals surface area contributed by atoms with Crippen molar-refractivity contribution >= 4 is 12.6 Å². The van der Waals surface area contributed by atoms with Crippen LogP contribution in [-0.4, -0.2) is 13.0 Å². The van der Waals surface area contributed by atoms with Gasteiger partial charge in [0.2, 0.25) is 0 Å². The summed E-state index contributed by atoms with van der Waals surface area (Å²) in [5.41, 5.74) is -0.998. The first-order chi connectivity index (χ1) is 10.3. The molecule has 0 aliphatic carbocycles. The van der Waals surface area contributed by atoms with Crippen molar-refractivity contribution in [2.24, 2.45) is 0 Å². The van der Waals surface area contributed by atoms with E-state index in [1.54, 1.807) is 0 Å². The van der Waals surface area contributed by atoms with Gasteiger partial charge in [-0.1, -0.05) is 24.3 Å². The molecule has 0 heterocycles. The number of benzene rings is 2. The Morgan fingerprint density at radius 3 is 2.32 bits per heavy atom. The summed E-state index contributed by atoms with van der Waals surface area (Å²) < 4.78 is 68.9. The Labute approximate surface area is 129 Å². The highest BCUT2D eigenvalue weighted by Crippen LogP contribution is 2.42. The highest BCUT2D eigenvalue weighted by molar-refractivity contribution is 7.80. The van der Waals surface area contributed by atoms with Crippen molar-refractivity contribution in [3.8, 4) is 16.9 Å². The maximum absolute atomic E-state index is 13.1. The molecule has 0 fully saturated rings. The van der Waals surface area contributed by atoms with E-state index in [4.69, 9.17) is 4.74 Å². The molecule has 0 spiro atoms. The van der Waals surface area contributed by atoms with Crippen molar-refractivity contribution in [3.05, 3.63) is 48.0 Å². The molecule has 1 nitrogen and oxygen atoms in total. The predicted octanol–water partition coefficient (Wildman–Crippen LogP) is 5.31. The molecule has 0 aromatic heterocycles. The monoisotopic (exact) mass is 334 g/mol. The van der Waals surface area contributed by atoms with E-state index in [1.165, 1.54) is 36.4 Å². The number of alkyl halides is 5. The van der Waals surface area contributed by atoms with Gasteiger partial charge in [-0.2, -0.15) is 13.2 Å². The lowest BCUT2D eigenvalue weighted by Gasteiger charge is -2.17. The van der Waals surface area contributed by atoms with Crippen LogP contribution in [0.25, 0.3) is 11.1 Å². The van der Waals surface area contributed by atoms with Crippen LogP contribution >= 0.6 is 12.6 Å². The summed E-state index contributed by atoms with van der Waals surface area (Å²) in [5.74, 6) is -0.0653. The molecule has 0 aliphatic heterocycles. The van der Waals surface area contributed by atoms with Crippen LogP contribution in [0.5, 0.6) is 5.75 Å². The quantitative estimate of drug-likeness (QED) is 0.589. The van der Waals surface area contributed by atoms with Crippen molar-refractivity contribution < 1.29 is 26.7 Å². The molecular formula is C15H11F5OS. The maximum atomic E-state index is 13.1. The van der Waals surface area contributed by atoms with Crippen molar-refractivity contribution in [2.45, 2.75) is 17.5 Å². The first kappa shape index (κ1) is 16.6. The topological polar surface area (TPSA) is 9.23 Å². The molecule has 0 radical (unpaired) electrons. The smallest absolute Gasteiger partial charge is 0.417 e. The van der Waals surface area contributed by atoms with E-state index >= 15 is 0 Å². The van der Waals surface area contributed by atoms with E-state index in [1.807, 2.05) is 0 Å². The van der Waals surface area contributed by atoms with Crippen molar-refractivity contribution in [3.63, 3.8) is 0 Å². The molecule has 2 rings (SSSR count). The highest BCUT2D eigenvalue weighted by Gasteiger charge is 2.34. The largest absolute Gasteiger partial charge is 0.487 e. The van der Waals surface area contributed by atoms with Gasteiger partial charge in [-0.25, -0.2) is 8.78 Å². The fraction of sp³-hybridized carbons (Fsp3) is 0.200. The molecule has 0 atom stereocenters. The zero-order valence-corrected chi connectivity index (χ0v) is 12.0. The first-order valence-corrected chi connectivity index (χ1v) is 6.65. The maximum Gasteiger partial charge on any atom is 0.417 e. The van der Waals surface area contributed by atoms with Crippen LogP contribution in [0.4, 0.5) is 22.0 Å². The number of hydrogen-bond donors (Lipinski definition) is 1. The fourth-order valence-corrected chi connectivity index (χ4v) is 2.33. The van der Waals surface area contributed by atoms with E-state index < -0.39 is 24.8 Å². The summed E-state index contributed by atoms with van der Waals surface area (Å²) >= 11 is 4.13. The molecule has 0 amide bonds. The van der Waals surface area contributed by atoms with Crippen LogP contribution in [0.3, 0.4) is 0 Å². The Balaban J connectivity index is 2.58. The lowest BCUT2D eigenvalue weighted by Crippen LogP contribution is -2.10. The SMILES string of the molecule is FC(F)COc1cccc(S)c1-c1ccccc1C(F)(F)F. The molecule has 0 unspecified atom stereocenters. The second-order valence-electron chi connectivity index (χ2n) is 4.40. The molecule has 118 valence electrons. The van der Waals surface area contributed by atoms with Gasteiger partial charge in [0.15, 0.2) is 0 Å². The predicted molar refractivity (Wildman–Crippen MR) is 75.6 cm³/mol. The zero-order valence-electron chi connectivity index (χ0n) is 11.1. The van der Waals surface area contributed by atoms with Gasteiger partial charge < -0.3 is 4.74 Å². The van der Waals surface area contributed by atoms with E-state index in [0.717, 1.165) is 6.07 Å². The van der Waals surface area contributed by atoms with E-state index in [0.29, 0.717) is 0 Å². The van der Waals surface area contributed by atoms with Crippen LogP contribution < -0.4 is 4.74 Å². The minimum atomic E-state index is -4.58. The second-order valence-corrected chi connectivity index (χ2v) is 4.88. The second kappa shape index (κ2) is 6.56. The van der Waals surface area contributed by atoms with Gasteiger partial charge in [0, 0.05) is 10.5 Å². The molecule has 0 saturated heterocycles. The summed E-state index contributed by atoms with van der Waals surface area (Å²) in [4.78, 5) is 0.212. The number of halogens is 5. The molecule has 0 saturated carbocycles. The van der Waals surface area contributed by atoms with Crippen molar-refractivity contribution in [1.29, 1.82) is 0 Å². The minimum absolute atomic E-state index is 0.0411. The molecule has 0 N–H and O–H groups in total. The molecular weight excluding hydrogens is 323 g/mol. The van der Waals surface area contributed by atoms with Gasteiger partial charge >= 0.3 is 6.18 Å². The van der Waals surface area contributed by atoms with E-state index in [-0.39, 0.29) is 21.8 Å². The molecule has 0 bridgehead atoms. The summed E-state index contributed by atoms with van der Waals surface area (Å²) in [5, 5.41) is 0. The number of ether oxygens (including phenoxy) is 1. The van der Waals surface area contributed by atoms with E-state index in [9.17, 15) is 22.0 Å². The van der Waals surface area contributed by atoms with Gasteiger partial charge in [-0.15, -0.1) is 12.6 Å². The van der Waals surface area contributed by atoms with Gasteiger partial charge in [-0.05, 0) is 23.8 Å². The lowest BCUT2D eigenvalue weighted by molar-refractivity contribution is -0.137.